The summed E-state index contributed by atoms with van der Waals surface area (Å²) in [4.78, 5) is 33.5. The molecule has 2 unspecified atom stereocenters. The molecule has 10 nitrogen and oxygen atoms in total. The lowest BCUT2D eigenvalue weighted by Crippen LogP contribution is -2.55. The topological polar surface area (TPSA) is 148 Å². The molecule has 1 aromatic heterocycles. The van der Waals surface area contributed by atoms with Gasteiger partial charge >= 0.3 is 0 Å². The molecule has 2 amide bonds. The van der Waals surface area contributed by atoms with Gasteiger partial charge in [0.05, 0.1) is 17.9 Å². The summed E-state index contributed by atoms with van der Waals surface area (Å²) in [6.07, 6.45) is 1.76. The molecule has 6 N–H and O–H groups in total. The maximum absolute atomic E-state index is 14.0. The lowest BCUT2D eigenvalue weighted by Gasteiger charge is -2.36. The van der Waals surface area contributed by atoms with Gasteiger partial charge < -0.3 is 31.7 Å². The third-order valence-electron chi connectivity index (χ3n) is 5.59. The fraction of sp³-hybridized carbons (Fsp3) is 0.400. The van der Waals surface area contributed by atoms with Crippen LogP contribution >= 0.6 is 0 Å². The van der Waals surface area contributed by atoms with Crippen molar-refractivity contribution >= 4 is 34.8 Å². The molecule has 2 aliphatic rings. The first kappa shape index (κ1) is 21.7. The number of anilines is 4. The first-order chi connectivity index (χ1) is 15.2. The molecule has 4 rings (SSSR count). The highest BCUT2D eigenvalue weighted by molar-refractivity contribution is 5.99. The molecule has 0 saturated heterocycles. The Kier molecular flexibility index (Phi) is 5.55. The van der Waals surface area contributed by atoms with Gasteiger partial charge in [-0.25, -0.2) is 18.7 Å². The van der Waals surface area contributed by atoms with Gasteiger partial charge in [-0.15, -0.1) is 0 Å². The van der Waals surface area contributed by atoms with Crippen LogP contribution in [0.4, 0.5) is 31.8 Å². The summed E-state index contributed by atoms with van der Waals surface area (Å²) in [6.45, 7) is -0.0519. The van der Waals surface area contributed by atoms with Gasteiger partial charge in [-0.1, -0.05) is 0 Å². The molecule has 1 aliphatic carbocycles. The Morgan fingerprint density at radius 1 is 1.38 bits per heavy atom. The van der Waals surface area contributed by atoms with Crippen LogP contribution in [0, 0.1) is 0 Å². The fourth-order valence-corrected chi connectivity index (χ4v) is 3.76. The number of nitrogens with one attached hydrogen (secondary N) is 2. The molecule has 0 bridgehead atoms. The number of primary amides is 1. The highest BCUT2D eigenvalue weighted by Crippen LogP contribution is 2.36. The predicted octanol–water partition coefficient (Wildman–Crippen LogP) is 1.60. The number of ether oxygens (including phenoxy) is 1. The second-order valence-electron chi connectivity index (χ2n) is 7.80. The van der Waals surface area contributed by atoms with Crippen molar-refractivity contribution in [2.75, 3.05) is 29.2 Å². The van der Waals surface area contributed by atoms with Crippen molar-refractivity contribution < 1.29 is 23.1 Å². The van der Waals surface area contributed by atoms with Gasteiger partial charge in [-0.2, -0.15) is 0 Å². The first-order valence-corrected chi connectivity index (χ1v) is 10.0. The number of nitrogens with zero attached hydrogens (tertiary/aromatic N) is 3. The number of rotatable bonds is 5. The largest absolute Gasteiger partial charge is 0.482 e. The zero-order valence-corrected chi connectivity index (χ0v) is 17.3. The Bertz CT molecular complexity index is 1070. The van der Waals surface area contributed by atoms with Crippen LogP contribution in [0.25, 0.3) is 0 Å². The van der Waals surface area contributed by atoms with E-state index in [-0.39, 0.29) is 36.3 Å². The summed E-state index contributed by atoms with van der Waals surface area (Å²) in [6, 6.07) is 2.91. The number of amides is 2. The molecule has 1 saturated carbocycles. The van der Waals surface area contributed by atoms with E-state index in [9.17, 15) is 18.4 Å². The number of benzene rings is 1. The van der Waals surface area contributed by atoms with Gasteiger partial charge in [-0.05, 0) is 31.0 Å². The van der Waals surface area contributed by atoms with E-state index < -0.39 is 23.9 Å². The van der Waals surface area contributed by atoms with Crippen LogP contribution in [0.5, 0.6) is 5.75 Å². The van der Waals surface area contributed by atoms with Crippen LogP contribution < -0.4 is 31.7 Å². The molecule has 2 heterocycles. The quantitative estimate of drug-likeness (QED) is 0.540. The lowest BCUT2D eigenvalue weighted by molar-refractivity contribution is -0.120. The van der Waals surface area contributed by atoms with Crippen LogP contribution in [0.3, 0.4) is 0 Å². The van der Waals surface area contributed by atoms with Crippen molar-refractivity contribution in [1.29, 1.82) is 0 Å². The van der Waals surface area contributed by atoms with Crippen molar-refractivity contribution in [3.8, 4) is 5.75 Å². The molecule has 1 fully saturated rings. The second kappa shape index (κ2) is 8.19. The Hall–Kier alpha value is -3.54. The lowest BCUT2D eigenvalue weighted by atomic mass is 9.87. The fourth-order valence-electron chi connectivity index (χ4n) is 3.76. The van der Waals surface area contributed by atoms with Crippen LogP contribution in [0.2, 0.25) is 0 Å². The SMILES string of the molecule is CN1C(=O)COc2ccc(Nc3nc(NC4CCCC(F)(F)C4N)cnc3C(N)=O)cc21. The zero-order chi connectivity index (χ0) is 23.0. The summed E-state index contributed by atoms with van der Waals surface area (Å²) < 4.78 is 33.3. The molecule has 1 aliphatic heterocycles. The zero-order valence-electron chi connectivity index (χ0n) is 17.3. The average Bonchev–Trinajstić information content (AvgIpc) is 2.74. The number of likely N-dealkylation sites (N-methyl/N-ethyl adjacent to an activating group) is 1. The maximum atomic E-state index is 14.0. The van der Waals surface area contributed by atoms with Gasteiger partial charge in [0, 0.05) is 25.2 Å². The van der Waals surface area contributed by atoms with Crippen molar-refractivity contribution in [1.82, 2.24) is 9.97 Å². The van der Waals surface area contributed by atoms with Crippen molar-refractivity contribution in [2.24, 2.45) is 11.5 Å². The number of aromatic nitrogens is 2. The van der Waals surface area contributed by atoms with Crippen LogP contribution in [0.15, 0.2) is 24.4 Å². The van der Waals surface area contributed by atoms with Gasteiger partial charge in [0.2, 0.25) is 0 Å². The number of hydrogen-bond donors (Lipinski definition) is 4. The number of carbonyl (C=O) groups excluding carboxylic acids is 2. The summed E-state index contributed by atoms with van der Waals surface area (Å²) in [7, 11) is 1.62. The van der Waals surface area contributed by atoms with Crippen LogP contribution in [-0.4, -0.2) is 53.4 Å². The van der Waals surface area contributed by atoms with E-state index in [0.717, 1.165) is 0 Å². The van der Waals surface area contributed by atoms with E-state index in [1.165, 1.54) is 11.1 Å². The van der Waals surface area contributed by atoms with Gasteiger partial charge in [-0.3, -0.25) is 9.59 Å². The van der Waals surface area contributed by atoms with Crippen molar-refractivity contribution in [2.45, 2.75) is 37.3 Å². The predicted molar refractivity (Wildman–Crippen MR) is 113 cm³/mol. The minimum Gasteiger partial charge on any atom is -0.482 e. The third kappa shape index (κ3) is 4.13. The molecule has 32 heavy (non-hydrogen) atoms. The highest BCUT2D eigenvalue weighted by atomic mass is 19.3. The van der Waals surface area contributed by atoms with E-state index in [0.29, 0.717) is 30.0 Å². The number of nitrogens with two attached hydrogens (primary N) is 2. The first-order valence-electron chi connectivity index (χ1n) is 10.0. The molecule has 2 aromatic rings. The van der Waals surface area contributed by atoms with Crippen LogP contribution in [-0.2, 0) is 4.79 Å². The molecule has 170 valence electrons. The minimum atomic E-state index is -2.98. The number of hydrogen-bond acceptors (Lipinski definition) is 8. The van der Waals surface area contributed by atoms with Gasteiger partial charge in [0.15, 0.2) is 18.1 Å². The van der Waals surface area contributed by atoms with Crippen LogP contribution in [0.1, 0.15) is 29.8 Å². The Balaban J connectivity index is 1.61. The van der Waals surface area contributed by atoms with E-state index in [1.807, 2.05) is 0 Å². The number of fused-ring (bicyclic) bond motifs is 1. The molecular formula is C20H23F2N7O3. The van der Waals surface area contributed by atoms with Crippen molar-refractivity contribution in [3.05, 3.63) is 30.1 Å². The van der Waals surface area contributed by atoms with E-state index in [2.05, 4.69) is 20.6 Å². The summed E-state index contributed by atoms with van der Waals surface area (Å²) in [5, 5.41) is 5.85. The van der Waals surface area contributed by atoms with Crippen molar-refractivity contribution in [3.63, 3.8) is 0 Å². The van der Waals surface area contributed by atoms with E-state index in [1.54, 1.807) is 25.2 Å². The molecule has 12 heteroatoms. The highest BCUT2D eigenvalue weighted by Gasteiger charge is 2.44. The second-order valence-corrected chi connectivity index (χ2v) is 7.80. The molecule has 2 atom stereocenters. The molecule has 1 aromatic carbocycles. The average molecular weight is 447 g/mol. The van der Waals surface area contributed by atoms with Gasteiger partial charge in [0.1, 0.15) is 11.6 Å². The molecule has 0 radical (unpaired) electrons. The minimum absolute atomic E-state index is 0.0318. The summed E-state index contributed by atoms with van der Waals surface area (Å²) in [5.41, 5.74) is 12.0. The Labute approximate surface area is 182 Å². The standard InChI is InChI=1S/C20H23F2N7O3/c1-29-12-7-10(4-5-13(12)32-9-15(29)30)26-19-16(18(24)31)25-8-14(28-19)27-11-3-2-6-20(21,22)17(11)23/h4-5,7-8,11,17H,2-3,6,9,23H2,1H3,(H2,24,31)(H2,26,27,28). The normalized spacial score (nSPS) is 22.0. The number of alkyl halides is 2. The Morgan fingerprint density at radius 2 is 2.16 bits per heavy atom. The van der Waals surface area contributed by atoms with E-state index in [4.69, 9.17) is 16.2 Å². The van der Waals surface area contributed by atoms with E-state index >= 15 is 0 Å². The smallest absolute Gasteiger partial charge is 0.271 e. The number of carbonyl (C=O) groups is 2. The monoisotopic (exact) mass is 447 g/mol. The van der Waals surface area contributed by atoms with Gasteiger partial charge in [0.25, 0.3) is 17.7 Å². The third-order valence-corrected chi connectivity index (χ3v) is 5.59. The summed E-state index contributed by atoms with van der Waals surface area (Å²) in [5.74, 6) is -3.28. The number of halogens is 2. The Morgan fingerprint density at radius 3 is 2.91 bits per heavy atom. The molecule has 0 spiro atoms. The summed E-state index contributed by atoms with van der Waals surface area (Å²) >= 11 is 0. The maximum Gasteiger partial charge on any atom is 0.271 e. The molecular weight excluding hydrogens is 424 g/mol.